The minimum absolute atomic E-state index is 0.0905. The molecule has 30 heavy (non-hydrogen) atoms. The second-order valence-corrected chi connectivity index (χ2v) is 6.87. The quantitative estimate of drug-likeness (QED) is 0.472. The zero-order valence-electron chi connectivity index (χ0n) is 17.6. The Bertz CT molecular complexity index is 756. The third kappa shape index (κ3) is 8.14. The number of nitrogens with one attached hydrogen (secondary N) is 2. The van der Waals surface area contributed by atoms with Gasteiger partial charge in [0.2, 0.25) is 0 Å². The van der Waals surface area contributed by atoms with Gasteiger partial charge in [-0.3, -0.25) is 10.1 Å². The van der Waals surface area contributed by atoms with Gasteiger partial charge in [-0.15, -0.1) is 0 Å². The zero-order chi connectivity index (χ0) is 21.8. The summed E-state index contributed by atoms with van der Waals surface area (Å²) in [5, 5.41) is 4.94. The molecule has 0 radical (unpaired) electrons. The monoisotopic (exact) mass is 418 g/mol. The maximum Gasteiger partial charge on any atom is 0.331 e. The maximum absolute atomic E-state index is 11.9. The summed E-state index contributed by atoms with van der Waals surface area (Å²) in [6, 6.07) is 4.82. The first-order valence-electron chi connectivity index (χ1n) is 10.4. The molecule has 2 N–H and O–H groups in total. The minimum atomic E-state index is -0.690. The van der Waals surface area contributed by atoms with Gasteiger partial charge in [0.05, 0.1) is 13.2 Å². The Kier molecular flexibility index (Phi) is 9.70. The highest BCUT2D eigenvalue weighted by atomic mass is 16.5. The van der Waals surface area contributed by atoms with Crippen LogP contribution in [0.5, 0.6) is 11.5 Å². The van der Waals surface area contributed by atoms with Crippen molar-refractivity contribution in [2.45, 2.75) is 52.0 Å². The van der Waals surface area contributed by atoms with Crippen molar-refractivity contribution in [3.05, 3.63) is 29.8 Å². The van der Waals surface area contributed by atoms with Gasteiger partial charge in [-0.05, 0) is 50.5 Å². The van der Waals surface area contributed by atoms with Gasteiger partial charge in [-0.2, -0.15) is 0 Å². The number of hydrogen-bond donors (Lipinski definition) is 2. The minimum Gasteiger partial charge on any atom is -0.490 e. The van der Waals surface area contributed by atoms with E-state index in [1.54, 1.807) is 24.3 Å². The lowest BCUT2D eigenvalue weighted by molar-refractivity contribution is -0.143. The number of rotatable bonds is 9. The summed E-state index contributed by atoms with van der Waals surface area (Å²) >= 11 is 0. The highest BCUT2D eigenvalue weighted by molar-refractivity contribution is 5.96. The van der Waals surface area contributed by atoms with Crippen LogP contribution < -0.4 is 20.1 Å². The van der Waals surface area contributed by atoms with Gasteiger partial charge in [0.25, 0.3) is 5.91 Å². The van der Waals surface area contributed by atoms with Crippen LogP contribution in [-0.4, -0.2) is 43.8 Å². The van der Waals surface area contributed by atoms with E-state index in [1.807, 2.05) is 13.8 Å². The number of carbonyl (C=O) groups is 3. The van der Waals surface area contributed by atoms with Crippen LogP contribution in [0.4, 0.5) is 4.79 Å². The molecular formula is C22H30N2O6. The SMILES string of the molecule is CCOc1ccc(/C=C/C(=O)OCC(=O)NC(=O)NC2CCCCC2)cc1OCC. The molecular weight excluding hydrogens is 388 g/mol. The summed E-state index contributed by atoms with van der Waals surface area (Å²) in [5.74, 6) is -0.157. The van der Waals surface area contributed by atoms with Crippen LogP contribution in [-0.2, 0) is 14.3 Å². The molecule has 1 aromatic rings. The molecule has 164 valence electrons. The van der Waals surface area contributed by atoms with Crippen molar-refractivity contribution in [1.29, 1.82) is 0 Å². The number of urea groups is 1. The summed E-state index contributed by atoms with van der Waals surface area (Å²) < 4.78 is 15.9. The van der Waals surface area contributed by atoms with E-state index in [0.29, 0.717) is 24.7 Å². The van der Waals surface area contributed by atoms with Crippen molar-refractivity contribution < 1.29 is 28.6 Å². The zero-order valence-corrected chi connectivity index (χ0v) is 17.6. The summed E-state index contributed by atoms with van der Waals surface area (Å²) in [6.45, 7) is 4.22. The van der Waals surface area contributed by atoms with Gasteiger partial charge >= 0.3 is 12.0 Å². The predicted molar refractivity (Wildman–Crippen MR) is 112 cm³/mol. The van der Waals surface area contributed by atoms with Gasteiger partial charge in [0, 0.05) is 12.1 Å². The maximum atomic E-state index is 11.9. The summed E-state index contributed by atoms with van der Waals surface area (Å²) in [7, 11) is 0. The van der Waals surface area contributed by atoms with Crippen LogP contribution in [0.25, 0.3) is 6.08 Å². The normalized spacial score (nSPS) is 14.2. The number of amides is 3. The van der Waals surface area contributed by atoms with Gasteiger partial charge in [0.1, 0.15) is 0 Å². The van der Waals surface area contributed by atoms with Crippen molar-refractivity contribution >= 4 is 24.0 Å². The topological polar surface area (TPSA) is 103 Å². The standard InChI is InChI=1S/C22H30N2O6/c1-3-28-18-12-10-16(14-19(18)29-4-2)11-13-21(26)30-15-20(25)24-22(27)23-17-8-6-5-7-9-17/h10-14,17H,3-9,15H2,1-2H3,(H2,23,24,25,27)/b13-11+. The molecule has 8 nitrogen and oxygen atoms in total. The molecule has 1 fully saturated rings. The molecule has 0 unspecified atom stereocenters. The smallest absolute Gasteiger partial charge is 0.331 e. The van der Waals surface area contributed by atoms with E-state index in [9.17, 15) is 14.4 Å². The van der Waals surface area contributed by atoms with Crippen LogP contribution in [0.2, 0.25) is 0 Å². The summed E-state index contributed by atoms with van der Waals surface area (Å²) in [6.07, 6.45) is 7.91. The first-order chi connectivity index (χ1) is 14.5. The molecule has 0 spiro atoms. The van der Waals surface area contributed by atoms with E-state index in [1.165, 1.54) is 12.5 Å². The van der Waals surface area contributed by atoms with Crippen LogP contribution in [0, 0.1) is 0 Å². The summed E-state index contributed by atoms with van der Waals surface area (Å²) in [4.78, 5) is 35.5. The second kappa shape index (κ2) is 12.5. The number of esters is 1. The van der Waals surface area contributed by atoms with Gasteiger partial charge in [-0.25, -0.2) is 9.59 Å². The van der Waals surface area contributed by atoms with Gasteiger partial charge in [0.15, 0.2) is 18.1 Å². The van der Waals surface area contributed by atoms with Crippen molar-refractivity contribution in [2.75, 3.05) is 19.8 Å². The number of imide groups is 1. The number of benzene rings is 1. The molecule has 0 aliphatic heterocycles. The molecule has 1 aliphatic rings. The molecule has 0 saturated heterocycles. The Morgan fingerprint density at radius 1 is 1.03 bits per heavy atom. The van der Waals surface area contributed by atoms with Crippen LogP contribution in [0.1, 0.15) is 51.5 Å². The van der Waals surface area contributed by atoms with E-state index < -0.39 is 24.5 Å². The van der Waals surface area contributed by atoms with E-state index in [4.69, 9.17) is 14.2 Å². The molecule has 1 aromatic carbocycles. The van der Waals surface area contributed by atoms with Crippen LogP contribution >= 0.6 is 0 Å². The molecule has 0 bridgehead atoms. The lowest BCUT2D eigenvalue weighted by atomic mass is 9.96. The predicted octanol–water partition coefficient (Wildman–Crippen LogP) is 3.20. The fourth-order valence-electron chi connectivity index (χ4n) is 3.15. The lowest BCUT2D eigenvalue weighted by Gasteiger charge is -2.22. The number of ether oxygens (including phenoxy) is 3. The Hall–Kier alpha value is -3.03. The highest BCUT2D eigenvalue weighted by Crippen LogP contribution is 2.29. The van der Waals surface area contributed by atoms with E-state index >= 15 is 0 Å². The molecule has 1 aliphatic carbocycles. The summed E-state index contributed by atoms with van der Waals surface area (Å²) in [5.41, 5.74) is 0.718. The Balaban J connectivity index is 1.77. The first-order valence-corrected chi connectivity index (χ1v) is 10.4. The molecule has 1 saturated carbocycles. The number of carbonyl (C=O) groups excluding carboxylic acids is 3. The first kappa shape index (κ1) is 23.3. The fraction of sp³-hybridized carbons (Fsp3) is 0.500. The molecule has 8 heteroatoms. The average molecular weight is 418 g/mol. The Morgan fingerprint density at radius 3 is 2.43 bits per heavy atom. The molecule has 0 atom stereocenters. The molecule has 2 rings (SSSR count). The number of hydrogen-bond acceptors (Lipinski definition) is 6. The van der Waals surface area contributed by atoms with E-state index in [-0.39, 0.29) is 6.04 Å². The van der Waals surface area contributed by atoms with Crippen molar-refractivity contribution in [3.63, 3.8) is 0 Å². The van der Waals surface area contributed by atoms with Crippen LogP contribution in [0.15, 0.2) is 24.3 Å². The highest BCUT2D eigenvalue weighted by Gasteiger charge is 2.17. The van der Waals surface area contributed by atoms with Gasteiger partial charge in [-0.1, -0.05) is 25.3 Å². The fourth-order valence-corrected chi connectivity index (χ4v) is 3.15. The Morgan fingerprint density at radius 2 is 1.73 bits per heavy atom. The van der Waals surface area contributed by atoms with Crippen molar-refractivity contribution in [1.82, 2.24) is 10.6 Å². The van der Waals surface area contributed by atoms with E-state index in [2.05, 4.69) is 10.6 Å². The lowest BCUT2D eigenvalue weighted by Crippen LogP contribution is -2.46. The molecule has 3 amide bonds. The van der Waals surface area contributed by atoms with Gasteiger partial charge < -0.3 is 19.5 Å². The molecule has 0 heterocycles. The van der Waals surface area contributed by atoms with Crippen molar-refractivity contribution in [3.8, 4) is 11.5 Å². The molecule has 0 aromatic heterocycles. The van der Waals surface area contributed by atoms with E-state index in [0.717, 1.165) is 31.2 Å². The third-order valence-corrected chi connectivity index (χ3v) is 4.52. The Labute approximate surface area is 176 Å². The third-order valence-electron chi connectivity index (χ3n) is 4.52. The van der Waals surface area contributed by atoms with Crippen molar-refractivity contribution in [2.24, 2.45) is 0 Å². The largest absolute Gasteiger partial charge is 0.490 e. The second-order valence-electron chi connectivity index (χ2n) is 6.87. The van der Waals surface area contributed by atoms with Crippen LogP contribution in [0.3, 0.4) is 0 Å². The average Bonchev–Trinajstić information content (AvgIpc) is 2.73.